The first-order valence-corrected chi connectivity index (χ1v) is 6.18. The molecular weight excluding hydrogens is 276 g/mol. The summed E-state index contributed by atoms with van der Waals surface area (Å²) in [5.74, 6) is -1.47. The van der Waals surface area contributed by atoms with Crippen LogP contribution in [0.3, 0.4) is 0 Å². The summed E-state index contributed by atoms with van der Waals surface area (Å²) in [6.45, 7) is 0.0861. The van der Waals surface area contributed by atoms with Crippen molar-refractivity contribution in [3.8, 4) is 0 Å². The van der Waals surface area contributed by atoms with Crippen molar-refractivity contribution < 1.29 is 14.7 Å². The number of hydrogen-bond acceptors (Lipinski definition) is 5. The zero-order valence-corrected chi connectivity index (χ0v) is 11.0. The highest BCUT2D eigenvalue weighted by Gasteiger charge is 2.20. The lowest BCUT2D eigenvalue weighted by Crippen LogP contribution is -2.39. The Hall–Kier alpha value is -2.97. The summed E-state index contributed by atoms with van der Waals surface area (Å²) in [5, 5.41) is 27.2. The molecule has 0 spiro atoms. The van der Waals surface area contributed by atoms with Gasteiger partial charge in [0, 0.05) is 6.54 Å². The lowest BCUT2D eigenvalue weighted by molar-refractivity contribution is -0.138. The Bertz CT molecular complexity index is 586. The van der Waals surface area contributed by atoms with Crippen molar-refractivity contribution in [3.05, 3.63) is 41.7 Å². The monoisotopic (exact) mass is 290 g/mol. The molecule has 0 saturated carbocycles. The van der Waals surface area contributed by atoms with E-state index in [9.17, 15) is 14.7 Å². The third-order valence-electron chi connectivity index (χ3n) is 2.76. The Balaban J connectivity index is 1.84. The van der Waals surface area contributed by atoms with Crippen molar-refractivity contribution in [2.24, 2.45) is 0 Å². The zero-order valence-electron chi connectivity index (χ0n) is 11.0. The summed E-state index contributed by atoms with van der Waals surface area (Å²) in [6.07, 6.45) is 0. The fourth-order valence-corrected chi connectivity index (χ4v) is 1.71. The fourth-order valence-electron chi connectivity index (χ4n) is 1.71. The summed E-state index contributed by atoms with van der Waals surface area (Å²) < 4.78 is 0. The lowest BCUT2D eigenvalue weighted by atomic mass is 9.99. The minimum Gasteiger partial charge on any atom is -0.481 e. The third-order valence-corrected chi connectivity index (χ3v) is 2.76. The number of aromatic amines is 1. The minimum atomic E-state index is -1.00. The summed E-state index contributed by atoms with van der Waals surface area (Å²) in [5.41, 5.74) is 0.628. The van der Waals surface area contributed by atoms with Gasteiger partial charge in [-0.3, -0.25) is 4.79 Å². The Kier molecular flexibility index (Phi) is 4.80. The Morgan fingerprint density at radius 1 is 1.24 bits per heavy atom. The van der Waals surface area contributed by atoms with Crippen LogP contribution in [0.15, 0.2) is 30.3 Å². The summed E-state index contributed by atoms with van der Waals surface area (Å²) in [4.78, 5) is 22.8. The van der Waals surface area contributed by atoms with E-state index in [1.165, 1.54) is 0 Å². The van der Waals surface area contributed by atoms with Crippen LogP contribution in [-0.2, 0) is 11.3 Å². The van der Waals surface area contributed by atoms with Crippen LogP contribution in [0.2, 0.25) is 0 Å². The van der Waals surface area contributed by atoms with Gasteiger partial charge in [0.15, 0.2) is 5.82 Å². The summed E-state index contributed by atoms with van der Waals surface area (Å²) in [6, 6.07) is 8.22. The largest absolute Gasteiger partial charge is 0.481 e. The Labute approximate surface area is 119 Å². The molecule has 0 saturated heterocycles. The van der Waals surface area contributed by atoms with Crippen LogP contribution in [0.4, 0.5) is 4.79 Å². The molecule has 21 heavy (non-hydrogen) atoms. The molecule has 0 radical (unpaired) electrons. The molecule has 1 unspecified atom stereocenters. The standard InChI is InChI=1S/C12H14N6O3/c19-11(20)9(8-4-2-1-3-5-8)6-13-12(21)14-7-10-15-17-18-16-10/h1-5,9H,6-7H2,(H,19,20)(H2,13,14,21)(H,15,16,17,18). The highest BCUT2D eigenvalue weighted by molar-refractivity contribution is 5.79. The van der Waals surface area contributed by atoms with Crippen molar-refractivity contribution >= 4 is 12.0 Å². The number of tetrazole rings is 1. The van der Waals surface area contributed by atoms with E-state index in [1.807, 2.05) is 0 Å². The number of urea groups is 1. The molecule has 110 valence electrons. The highest BCUT2D eigenvalue weighted by atomic mass is 16.4. The van der Waals surface area contributed by atoms with Gasteiger partial charge in [-0.15, -0.1) is 10.2 Å². The number of carboxylic acids is 1. The zero-order chi connectivity index (χ0) is 15.1. The first kappa shape index (κ1) is 14.4. The number of nitrogens with zero attached hydrogens (tertiary/aromatic N) is 3. The number of H-pyrrole nitrogens is 1. The van der Waals surface area contributed by atoms with Gasteiger partial charge in [-0.25, -0.2) is 4.79 Å². The molecule has 0 aliphatic carbocycles. The van der Waals surface area contributed by atoms with Gasteiger partial charge >= 0.3 is 12.0 Å². The van der Waals surface area contributed by atoms with Gasteiger partial charge in [0.05, 0.1) is 12.5 Å². The smallest absolute Gasteiger partial charge is 0.315 e. The maximum Gasteiger partial charge on any atom is 0.315 e. The average Bonchev–Trinajstić information content (AvgIpc) is 2.99. The normalized spacial score (nSPS) is 11.6. The van der Waals surface area contributed by atoms with Crippen LogP contribution in [0.5, 0.6) is 0 Å². The molecule has 0 aliphatic heterocycles. The molecule has 2 amide bonds. The number of nitrogens with one attached hydrogen (secondary N) is 3. The predicted molar refractivity (Wildman–Crippen MR) is 71.2 cm³/mol. The van der Waals surface area contributed by atoms with Crippen LogP contribution in [0, 0.1) is 0 Å². The van der Waals surface area contributed by atoms with Gasteiger partial charge < -0.3 is 15.7 Å². The maximum absolute atomic E-state index is 11.6. The van der Waals surface area contributed by atoms with Crippen molar-refractivity contribution in [1.82, 2.24) is 31.3 Å². The molecule has 1 aromatic carbocycles. The lowest BCUT2D eigenvalue weighted by Gasteiger charge is -2.13. The van der Waals surface area contributed by atoms with E-state index in [-0.39, 0.29) is 13.1 Å². The molecule has 1 atom stereocenters. The predicted octanol–water partition coefficient (Wildman–Crippen LogP) is -0.133. The molecule has 9 heteroatoms. The molecule has 2 aromatic rings. The van der Waals surface area contributed by atoms with Crippen molar-refractivity contribution in [1.29, 1.82) is 0 Å². The van der Waals surface area contributed by atoms with Crippen molar-refractivity contribution in [2.75, 3.05) is 6.54 Å². The van der Waals surface area contributed by atoms with E-state index in [0.29, 0.717) is 11.4 Å². The van der Waals surface area contributed by atoms with E-state index in [4.69, 9.17) is 0 Å². The molecule has 0 aliphatic rings. The van der Waals surface area contributed by atoms with Crippen molar-refractivity contribution in [2.45, 2.75) is 12.5 Å². The molecule has 4 N–H and O–H groups in total. The topological polar surface area (TPSA) is 133 Å². The fraction of sp³-hybridized carbons (Fsp3) is 0.250. The van der Waals surface area contributed by atoms with Gasteiger partial charge in [0.1, 0.15) is 0 Å². The second-order valence-corrected chi connectivity index (χ2v) is 4.19. The molecule has 1 heterocycles. The number of aromatic nitrogens is 4. The van der Waals surface area contributed by atoms with Gasteiger partial charge in [0.25, 0.3) is 0 Å². The number of amides is 2. The van der Waals surface area contributed by atoms with Gasteiger partial charge in [-0.2, -0.15) is 5.21 Å². The van der Waals surface area contributed by atoms with Crippen LogP contribution in [0.1, 0.15) is 17.3 Å². The second-order valence-electron chi connectivity index (χ2n) is 4.19. The average molecular weight is 290 g/mol. The number of benzene rings is 1. The molecular formula is C12H14N6O3. The number of carboxylic acid groups (broad SMARTS) is 1. The maximum atomic E-state index is 11.6. The number of hydrogen-bond donors (Lipinski definition) is 4. The van der Waals surface area contributed by atoms with E-state index in [2.05, 4.69) is 31.3 Å². The van der Waals surface area contributed by atoms with Gasteiger partial charge in [0.2, 0.25) is 0 Å². The number of aliphatic carboxylic acids is 1. The van der Waals surface area contributed by atoms with Crippen LogP contribution < -0.4 is 10.6 Å². The molecule has 1 aromatic heterocycles. The van der Waals surface area contributed by atoms with Crippen LogP contribution in [-0.4, -0.2) is 44.3 Å². The molecule has 2 rings (SSSR count). The summed E-state index contributed by atoms with van der Waals surface area (Å²) >= 11 is 0. The Morgan fingerprint density at radius 3 is 2.62 bits per heavy atom. The molecule has 0 bridgehead atoms. The molecule has 0 fully saturated rings. The Morgan fingerprint density at radius 2 is 2.00 bits per heavy atom. The number of carbonyl (C=O) groups is 2. The van der Waals surface area contributed by atoms with E-state index in [1.54, 1.807) is 30.3 Å². The van der Waals surface area contributed by atoms with Crippen LogP contribution in [0.25, 0.3) is 0 Å². The third kappa shape index (κ3) is 4.27. The summed E-state index contributed by atoms with van der Waals surface area (Å²) in [7, 11) is 0. The van der Waals surface area contributed by atoms with E-state index >= 15 is 0 Å². The second kappa shape index (κ2) is 6.98. The van der Waals surface area contributed by atoms with Crippen molar-refractivity contribution in [3.63, 3.8) is 0 Å². The molecule has 9 nitrogen and oxygen atoms in total. The number of carbonyl (C=O) groups excluding carboxylic acids is 1. The number of rotatable bonds is 6. The SMILES string of the molecule is O=C(NCc1nn[nH]n1)NCC(C(=O)O)c1ccccc1. The van der Waals surface area contributed by atoms with E-state index in [0.717, 1.165) is 0 Å². The van der Waals surface area contributed by atoms with Gasteiger partial charge in [-0.05, 0) is 5.56 Å². The van der Waals surface area contributed by atoms with Crippen LogP contribution >= 0.6 is 0 Å². The van der Waals surface area contributed by atoms with E-state index < -0.39 is 17.9 Å². The first-order chi connectivity index (χ1) is 10.2. The highest BCUT2D eigenvalue weighted by Crippen LogP contribution is 2.14. The van der Waals surface area contributed by atoms with Gasteiger partial charge in [-0.1, -0.05) is 35.5 Å². The first-order valence-electron chi connectivity index (χ1n) is 6.18. The minimum absolute atomic E-state index is 0.0164. The quantitative estimate of drug-likeness (QED) is 0.585.